The van der Waals surface area contributed by atoms with E-state index in [1.165, 1.54) is 18.2 Å². The van der Waals surface area contributed by atoms with Gasteiger partial charge in [0.2, 0.25) is 0 Å². The molecule has 0 aromatic heterocycles. The van der Waals surface area contributed by atoms with Crippen LogP contribution in [-0.2, 0) is 11.4 Å². The fourth-order valence-electron chi connectivity index (χ4n) is 2.77. The summed E-state index contributed by atoms with van der Waals surface area (Å²) in [5, 5.41) is 21.8. The van der Waals surface area contributed by atoms with Crippen LogP contribution in [0.3, 0.4) is 0 Å². The van der Waals surface area contributed by atoms with Crippen LogP contribution in [0.15, 0.2) is 75.2 Å². The van der Waals surface area contributed by atoms with Crippen LogP contribution in [0.1, 0.15) is 21.5 Å². The Morgan fingerprint density at radius 2 is 1.76 bits per heavy atom. The first-order valence-electron chi connectivity index (χ1n) is 9.39. The number of nitriles is 1. The average Bonchev–Trinajstić information content (AvgIpc) is 2.78. The van der Waals surface area contributed by atoms with Crippen LogP contribution in [0.2, 0.25) is 5.02 Å². The van der Waals surface area contributed by atoms with E-state index in [0.29, 0.717) is 31.0 Å². The molecule has 0 unspecified atom stereocenters. The smallest absolute Gasteiger partial charge is 0.335 e. The number of hydrogen-bond acceptors (Lipinski definition) is 4. The lowest BCUT2D eigenvalue weighted by molar-refractivity contribution is -0.112. The van der Waals surface area contributed by atoms with Crippen molar-refractivity contribution >= 4 is 67.1 Å². The molecule has 0 aliphatic heterocycles. The van der Waals surface area contributed by atoms with Gasteiger partial charge in [-0.05, 0) is 76.1 Å². The molecule has 9 heteroatoms. The van der Waals surface area contributed by atoms with E-state index in [2.05, 4.69) is 37.2 Å². The lowest BCUT2D eigenvalue weighted by Crippen LogP contribution is -2.13. The maximum atomic E-state index is 12.6. The SMILES string of the molecule is N#C/C(=C\c1cc(Br)cc(Br)c1OCc1ccc(C(=O)O)cc1)C(=O)Nc1ccc(Cl)cc1. The molecule has 3 aromatic rings. The molecule has 33 heavy (non-hydrogen) atoms. The van der Waals surface area contributed by atoms with Gasteiger partial charge in [-0.25, -0.2) is 4.79 Å². The van der Waals surface area contributed by atoms with Gasteiger partial charge in [-0.1, -0.05) is 39.7 Å². The van der Waals surface area contributed by atoms with E-state index in [1.807, 2.05) is 6.07 Å². The summed E-state index contributed by atoms with van der Waals surface area (Å²) in [4.78, 5) is 23.6. The molecule has 0 atom stereocenters. The van der Waals surface area contributed by atoms with E-state index >= 15 is 0 Å². The van der Waals surface area contributed by atoms with Crippen molar-refractivity contribution in [3.63, 3.8) is 0 Å². The summed E-state index contributed by atoms with van der Waals surface area (Å²) in [6, 6.07) is 18.3. The molecule has 166 valence electrons. The Labute approximate surface area is 211 Å². The average molecular weight is 591 g/mol. The zero-order chi connectivity index (χ0) is 24.0. The number of hydrogen-bond donors (Lipinski definition) is 2. The third-order valence-corrected chi connectivity index (χ3v) is 5.69. The number of halogens is 3. The standard InChI is InChI=1S/C24H15Br2ClN2O4/c25-18-10-16(9-17(12-28)23(30)29-20-7-5-19(27)6-8-20)22(21(26)11-18)33-13-14-1-3-15(4-2-14)24(31)32/h1-11H,13H2,(H,29,30)(H,31,32)/b17-9+. The maximum absolute atomic E-state index is 12.6. The van der Waals surface area contributed by atoms with Gasteiger partial charge in [-0.2, -0.15) is 5.26 Å². The monoisotopic (exact) mass is 588 g/mol. The Morgan fingerprint density at radius 3 is 2.36 bits per heavy atom. The molecule has 0 radical (unpaired) electrons. The second-order valence-corrected chi connectivity index (χ2v) is 8.93. The number of carbonyl (C=O) groups excluding carboxylic acids is 1. The first kappa shape index (κ1) is 24.5. The number of carboxylic acids is 1. The Balaban J connectivity index is 1.85. The lowest BCUT2D eigenvalue weighted by atomic mass is 10.1. The first-order valence-corrected chi connectivity index (χ1v) is 11.4. The van der Waals surface area contributed by atoms with Crippen LogP contribution < -0.4 is 10.1 Å². The van der Waals surface area contributed by atoms with Crippen molar-refractivity contribution in [1.29, 1.82) is 5.26 Å². The van der Waals surface area contributed by atoms with Gasteiger partial charge in [-0.3, -0.25) is 4.79 Å². The van der Waals surface area contributed by atoms with Gasteiger partial charge in [0.25, 0.3) is 5.91 Å². The van der Waals surface area contributed by atoms with E-state index in [0.717, 1.165) is 5.56 Å². The summed E-state index contributed by atoms with van der Waals surface area (Å²) in [5.74, 6) is -1.16. The number of anilines is 1. The van der Waals surface area contributed by atoms with Crippen LogP contribution in [0, 0.1) is 11.3 Å². The topological polar surface area (TPSA) is 99.4 Å². The Hall–Kier alpha value is -3.12. The zero-order valence-corrected chi connectivity index (χ0v) is 20.7. The number of carboxylic acid groups (broad SMARTS) is 1. The van der Waals surface area contributed by atoms with E-state index in [9.17, 15) is 14.9 Å². The summed E-state index contributed by atoms with van der Waals surface area (Å²) in [6.07, 6.45) is 1.43. The largest absolute Gasteiger partial charge is 0.487 e. The van der Waals surface area contributed by atoms with Gasteiger partial charge in [0.1, 0.15) is 24.0 Å². The minimum atomic E-state index is -1.01. The van der Waals surface area contributed by atoms with Crippen LogP contribution in [0.25, 0.3) is 6.08 Å². The normalized spacial score (nSPS) is 10.9. The Kier molecular flexibility index (Phi) is 8.28. The maximum Gasteiger partial charge on any atom is 0.335 e. The number of aromatic carboxylic acids is 1. The molecule has 0 heterocycles. The molecule has 3 aromatic carbocycles. The molecule has 0 aliphatic rings. The van der Waals surface area contributed by atoms with Crippen LogP contribution in [0.4, 0.5) is 5.69 Å². The van der Waals surface area contributed by atoms with Crippen molar-refractivity contribution in [3.05, 3.63) is 96.9 Å². The summed E-state index contributed by atoms with van der Waals surface area (Å²) in [5.41, 5.74) is 1.82. The number of ether oxygens (including phenoxy) is 1. The van der Waals surface area contributed by atoms with Crippen molar-refractivity contribution in [3.8, 4) is 11.8 Å². The van der Waals surface area contributed by atoms with Gasteiger partial charge < -0.3 is 15.2 Å². The third kappa shape index (κ3) is 6.68. The highest BCUT2D eigenvalue weighted by Crippen LogP contribution is 2.35. The summed E-state index contributed by atoms with van der Waals surface area (Å²) in [7, 11) is 0. The number of amides is 1. The quantitative estimate of drug-likeness (QED) is 0.236. The van der Waals surface area contributed by atoms with Gasteiger partial charge in [-0.15, -0.1) is 0 Å². The van der Waals surface area contributed by atoms with Gasteiger partial charge >= 0.3 is 5.97 Å². The van der Waals surface area contributed by atoms with Crippen LogP contribution in [0.5, 0.6) is 5.75 Å². The predicted molar refractivity (Wildman–Crippen MR) is 133 cm³/mol. The van der Waals surface area contributed by atoms with E-state index in [4.69, 9.17) is 21.4 Å². The molecule has 0 fully saturated rings. The molecule has 0 bridgehead atoms. The minimum Gasteiger partial charge on any atom is -0.487 e. The number of carbonyl (C=O) groups is 2. The molecular weight excluding hydrogens is 576 g/mol. The number of nitrogens with one attached hydrogen (secondary N) is 1. The number of nitrogens with zero attached hydrogens (tertiary/aromatic N) is 1. The van der Waals surface area contributed by atoms with Crippen molar-refractivity contribution in [2.45, 2.75) is 6.61 Å². The van der Waals surface area contributed by atoms with Gasteiger partial charge in [0, 0.05) is 20.7 Å². The number of rotatable bonds is 7. The Morgan fingerprint density at radius 1 is 1.09 bits per heavy atom. The molecule has 6 nitrogen and oxygen atoms in total. The number of benzene rings is 3. The molecule has 2 N–H and O–H groups in total. The minimum absolute atomic E-state index is 0.120. The van der Waals surface area contributed by atoms with Crippen LogP contribution in [-0.4, -0.2) is 17.0 Å². The molecular formula is C24H15Br2ClN2O4. The van der Waals surface area contributed by atoms with Crippen LogP contribution >= 0.6 is 43.5 Å². The molecule has 0 aliphatic carbocycles. The summed E-state index contributed by atoms with van der Waals surface area (Å²) < 4.78 is 7.28. The predicted octanol–water partition coefficient (Wildman–Crippen LogP) is 6.69. The fraction of sp³-hybridized carbons (Fsp3) is 0.0417. The second kappa shape index (κ2) is 11.1. The first-order chi connectivity index (χ1) is 15.8. The van der Waals surface area contributed by atoms with Crippen molar-refractivity contribution < 1.29 is 19.4 Å². The molecule has 0 saturated heterocycles. The highest BCUT2D eigenvalue weighted by Gasteiger charge is 2.15. The lowest BCUT2D eigenvalue weighted by Gasteiger charge is -2.13. The van der Waals surface area contributed by atoms with Crippen molar-refractivity contribution in [2.75, 3.05) is 5.32 Å². The molecule has 0 saturated carbocycles. The van der Waals surface area contributed by atoms with Gasteiger partial charge in [0.05, 0.1) is 10.0 Å². The fourth-order valence-corrected chi connectivity index (χ4v) is 4.27. The highest BCUT2D eigenvalue weighted by molar-refractivity contribution is 9.11. The van der Waals surface area contributed by atoms with Crippen molar-refractivity contribution in [2.24, 2.45) is 0 Å². The summed E-state index contributed by atoms with van der Waals surface area (Å²) in [6.45, 7) is 0.153. The Bertz CT molecular complexity index is 1270. The van der Waals surface area contributed by atoms with Crippen molar-refractivity contribution in [1.82, 2.24) is 0 Å². The van der Waals surface area contributed by atoms with E-state index in [1.54, 1.807) is 48.5 Å². The molecule has 0 spiro atoms. The molecule has 1 amide bonds. The zero-order valence-electron chi connectivity index (χ0n) is 16.8. The highest BCUT2D eigenvalue weighted by atomic mass is 79.9. The van der Waals surface area contributed by atoms with E-state index < -0.39 is 11.9 Å². The molecule has 3 rings (SSSR count). The summed E-state index contributed by atoms with van der Waals surface area (Å²) >= 11 is 12.7. The van der Waals surface area contributed by atoms with E-state index in [-0.39, 0.29) is 17.7 Å². The van der Waals surface area contributed by atoms with Gasteiger partial charge in [0.15, 0.2) is 0 Å². The second-order valence-electron chi connectivity index (χ2n) is 6.73. The third-order valence-electron chi connectivity index (χ3n) is 4.39.